The average molecular weight is 478 g/mol. The largest absolute Gasteiger partial charge is 0.392 e. The zero-order valence-electron chi connectivity index (χ0n) is 15.3. The standard InChI is InChI=1S/C18H27FN4O2.HI/c1-3-17(25)23-8-7-15(11-23)22-18(20-4-2)21-10-13-5-6-16(19)14(9-13)12-24;/h5-6,9,15,24H,3-4,7-8,10-12H2,1-2H3,(H2,20,21,22);1H. The SMILES string of the molecule is CCNC(=NCc1ccc(F)c(CO)c1)NC1CCN(C(=O)CC)C1.I. The maximum absolute atomic E-state index is 13.4. The number of halogens is 2. The summed E-state index contributed by atoms with van der Waals surface area (Å²) < 4.78 is 13.4. The monoisotopic (exact) mass is 478 g/mol. The van der Waals surface area contributed by atoms with Crippen LogP contribution in [0.2, 0.25) is 0 Å². The number of carbonyl (C=O) groups excluding carboxylic acids is 1. The van der Waals surface area contributed by atoms with Crippen molar-refractivity contribution in [1.82, 2.24) is 15.5 Å². The van der Waals surface area contributed by atoms with Crippen LogP contribution in [0, 0.1) is 5.82 Å². The number of hydrogen-bond acceptors (Lipinski definition) is 3. The third-order valence-corrected chi connectivity index (χ3v) is 4.23. The molecule has 0 saturated carbocycles. The summed E-state index contributed by atoms with van der Waals surface area (Å²) in [5, 5.41) is 15.7. The molecule has 2 rings (SSSR count). The van der Waals surface area contributed by atoms with Gasteiger partial charge in [0, 0.05) is 37.7 Å². The molecule has 3 N–H and O–H groups in total. The van der Waals surface area contributed by atoms with Crippen molar-refractivity contribution in [2.45, 2.75) is 45.9 Å². The summed E-state index contributed by atoms with van der Waals surface area (Å²) in [4.78, 5) is 18.2. The van der Waals surface area contributed by atoms with Gasteiger partial charge < -0.3 is 20.6 Å². The highest BCUT2D eigenvalue weighted by atomic mass is 127. The van der Waals surface area contributed by atoms with Crippen LogP contribution in [0.1, 0.15) is 37.8 Å². The van der Waals surface area contributed by atoms with Crippen molar-refractivity contribution in [1.29, 1.82) is 0 Å². The topological polar surface area (TPSA) is 77.0 Å². The summed E-state index contributed by atoms with van der Waals surface area (Å²) >= 11 is 0. The Balaban J connectivity index is 0.00000338. The summed E-state index contributed by atoms with van der Waals surface area (Å²) in [7, 11) is 0. The van der Waals surface area contributed by atoms with E-state index in [0.717, 1.165) is 25.1 Å². The molecule has 1 saturated heterocycles. The van der Waals surface area contributed by atoms with E-state index in [1.54, 1.807) is 12.1 Å². The maximum atomic E-state index is 13.4. The van der Waals surface area contributed by atoms with Gasteiger partial charge in [-0.3, -0.25) is 4.79 Å². The van der Waals surface area contributed by atoms with Crippen molar-refractivity contribution in [3.8, 4) is 0 Å². The van der Waals surface area contributed by atoms with Crippen LogP contribution in [0.15, 0.2) is 23.2 Å². The number of benzene rings is 1. The number of aliphatic imine (C=N–C) groups is 1. The third kappa shape index (κ3) is 6.39. The summed E-state index contributed by atoms with van der Waals surface area (Å²) in [5.74, 6) is 0.439. The van der Waals surface area contributed by atoms with Gasteiger partial charge in [-0.25, -0.2) is 9.38 Å². The van der Waals surface area contributed by atoms with Crippen LogP contribution in [-0.2, 0) is 17.9 Å². The number of aliphatic hydroxyl groups is 1. The summed E-state index contributed by atoms with van der Waals surface area (Å²) in [6.45, 7) is 6.09. The van der Waals surface area contributed by atoms with Crippen LogP contribution in [0.25, 0.3) is 0 Å². The lowest BCUT2D eigenvalue weighted by molar-refractivity contribution is -0.129. The molecular formula is C18H28FIN4O2. The quantitative estimate of drug-likeness (QED) is 0.332. The first-order chi connectivity index (χ1) is 12.1. The van der Waals surface area contributed by atoms with E-state index in [-0.39, 0.29) is 48.1 Å². The van der Waals surface area contributed by atoms with Crippen LogP contribution in [0.3, 0.4) is 0 Å². The number of likely N-dealkylation sites (tertiary alicyclic amines) is 1. The Morgan fingerprint density at radius 1 is 1.42 bits per heavy atom. The molecule has 0 bridgehead atoms. The van der Waals surface area contributed by atoms with E-state index in [1.165, 1.54) is 6.07 Å². The first-order valence-electron chi connectivity index (χ1n) is 8.78. The number of carbonyl (C=O) groups is 1. The molecule has 0 spiro atoms. The molecule has 0 aromatic heterocycles. The summed E-state index contributed by atoms with van der Waals surface area (Å²) in [5.41, 5.74) is 1.10. The van der Waals surface area contributed by atoms with Gasteiger partial charge in [-0.1, -0.05) is 13.0 Å². The Kier molecular flexibility index (Phi) is 9.85. The molecule has 26 heavy (non-hydrogen) atoms. The minimum Gasteiger partial charge on any atom is -0.392 e. The lowest BCUT2D eigenvalue weighted by Crippen LogP contribution is -2.45. The number of amides is 1. The van der Waals surface area contributed by atoms with Crippen LogP contribution in [0.5, 0.6) is 0 Å². The maximum Gasteiger partial charge on any atom is 0.222 e. The van der Waals surface area contributed by atoms with Gasteiger partial charge in [0.25, 0.3) is 0 Å². The van der Waals surface area contributed by atoms with Gasteiger partial charge in [-0.2, -0.15) is 0 Å². The summed E-state index contributed by atoms with van der Waals surface area (Å²) in [6.07, 6.45) is 1.42. The molecule has 1 aromatic carbocycles. The van der Waals surface area contributed by atoms with Crippen molar-refractivity contribution in [2.24, 2.45) is 4.99 Å². The molecule has 0 aliphatic carbocycles. The van der Waals surface area contributed by atoms with Gasteiger partial charge in [0.05, 0.1) is 13.2 Å². The van der Waals surface area contributed by atoms with E-state index in [1.807, 2.05) is 18.7 Å². The zero-order valence-corrected chi connectivity index (χ0v) is 17.6. The Morgan fingerprint density at radius 2 is 2.19 bits per heavy atom. The number of nitrogens with one attached hydrogen (secondary N) is 2. The van der Waals surface area contributed by atoms with Gasteiger partial charge in [0.2, 0.25) is 5.91 Å². The average Bonchev–Trinajstić information content (AvgIpc) is 3.08. The van der Waals surface area contributed by atoms with Crippen LogP contribution < -0.4 is 10.6 Å². The predicted molar refractivity (Wildman–Crippen MR) is 111 cm³/mol. The van der Waals surface area contributed by atoms with Crippen molar-refractivity contribution >= 4 is 35.8 Å². The highest BCUT2D eigenvalue weighted by Gasteiger charge is 2.25. The molecule has 1 aliphatic heterocycles. The molecule has 0 radical (unpaired) electrons. The number of guanidine groups is 1. The van der Waals surface area contributed by atoms with Crippen molar-refractivity contribution < 1.29 is 14.3 Å². The zero-order chi connectivity index (χ0) is 18.2. The molecule has 8 heteroatoms. The first kappa shape index (κ1) is 22.6. The van der Waals surface area contributed by atoms with E-state index in [0.29, 0.717) is 25.5 Å². The molecule has 1 aromatic rings. The highest BCUT2D eigenvalue weighted by molar-refractivity contribution is 14.0. The fourth-order valence-corrected chi connectivity index (χ4v) is 2.86. The smallest absolute Gasteiger partial charge is 0.222 e. The molecule has 1 fully saturated rings. The minimum atomic E-state index is -0.410. The second kappa shape index (κ2) is 11.3. The van der Waals surface area contributed by atoms with E-state index in [9.17, 15) is 9.18 Å². The van der Waals surface area contributed by atoms with Crippen LogP contribution >= 0.6 is 24.0 Å². The second-order valence-corrected chi connectivity index (χ2v) is 6.10. The Labute approximate surface area is 171 Å². The molecule has 1 atom stereocenters. The van der Waals surface area contributed by atoms with E-state index in [4.69, 9.17) is 5.11 Å². The van der Waals surface area contributed by atoms with Gasteiger partial charge in [-0.05, 0) is 31.0 Å². The number of aliphatic hydroxyl groups excluding tert-OH is 1. The van der Waals surface area contributed by atoms with E-state index >= 15 is 0 Å². The minimum absolute atomic E-state index is 0. The van der Waals surface area contributed by atoms with Gasteiger partial charge in [0.15, 0.2) is 5.96 Å². The molecule has 1 aliphatic rings. The molecule has 1 amide bonds. The molecule has 1 heterocycles. The van der Waals surface area contributed by atoms with E-state index < -0.39 is 5.82 Å². The lowest BCUT2D eigenvalue weighted by atomic mass is 10.1. The van der Waals surface area contributed by atoms with Crippen molar-refractivity contribution in [3.63, 3.8) is 0 Å². The Hall–Kier alpha value is -1.42. The van der Waals surface area contributed by atoms with Crippen molar-refractivity contribution in [3.05, 3.63) is 35.1 Å². The highest BCUT2D eigenvalue weighted by Crippen LogP contribution is 2.12. The van der Waals surface area contributed by atoms with Gasteiger partial charge in [0.1, 0.15) is 5.82 Å². The molecular weight excluding hydrogens is 450 g/mol. The molecule has 6 nitrogen and oxygen atoms in total. The first-order valence-corrected chi connectivity index (χ1v) is 8.78. The summed E-state index contributed by atoms with van der Waals surface area (Å²) in [6, 6.07) is 4.81. The Bertz CT molecular complexity index is 627. The fraction of sp³-hybridized carbons (Fsp3) is 0.556. The predicted octanol–water partition coefficient (Wildman–Crippen LogP) is 2.00. The second-order valence-electron chi connectivity index (χ2n) is 6.10. The van der Waals surface area contributed by atoms with Crippen LogP contribution in [0.4, 0.5) is 4.39 Å². The number of nitrogens with zero attached hydrogens (tertiary/aromatic N) is 2. The third-order valence-electron chi connectivity index (χ3n) is 4.23. The number of hydrogen-bond donors (Lipinski definition) is 3. The molecule has 1 unspecified atom stereocenters. The normalized spacial score (nSPS) is 17.0. The van der Waals surface area contributed by atoms with Crippen molar-refractivity contribution in [2.75, 3.05) is 19.6 Å². The number of rotatable bonds is 6. The molecule has 146 valence electrons. The Morgan fingerprint density at radius 3 is 2.85 bits per heavy atom. The van der Waals surface area contributed by atoms with Crippen LogP contribution in [-0.4, -0.2) is 47.5 Å². The van der Waals surface area contributed by atoms with E-state index in [2.05, 4.69) is 15.6 Å². The lowest BCUT2D eigenvalue weighted by Gasteiger charge is -2.18. The fourth-order valence-electron chi connectivity index (χ4n) is 2.86. The van der Waals surface area contributed by atoms with Gasteiger partial charge >= 0.3 is 0 Å². The van der Waals surface area contributed by atoms with Gasteiger partial charge in [-0.15, -0.1) is 24.0 Å².